The first-order chi connectivity index (χ1) is 37.9. The van der Waals surface area contributed by atoms with E-state index in [2.05, 4.69) is 5.32 Å². The number of Topliss-reactive ketones (excluding diaryl/α,β-unsaturated/α-hetero) is 2. The third-order valence-corrected chi connectivity index (χ3v) is 15.1. The van der Waals surface area contributed by atoms with Crippen molar-refractivity contribution in [3.63, 3.8) is 0 Å². The van der Waals surface area contributed by atoms with Crippen molar-refractivity contribution in [2.75, 3.05) is 12.4 Å². The Morgan fingerprint density at radius 1 is 0.700 bits per heavy atom. The lowest BCUT2D eigenvalue weighted by Crippen LogP contribution is -2.61. The summed E-state index contributed by atoms with van der Waals surface area (Å²) >= 11 is 0. The van der Waals surface area contributed by atoms with Gasteiger partial charge in [0.15, 0.2) is 17.9 Å². The Balaban J connectivity index is 1.53. The topological polar surface area (TPSA) is 360 Å². The molecule has 0 aromatic heterocycles. The minimum absolute atomic E-state index is 0.0566. The molecule has 2 fully saturated rings. The van der Waals surface area contributed by atoms with Gasteiger partial charge >= 0.3 is 5.97 Å². The summed E-state index contributed by atoms with van der Waals surface area (Å²) in [7, 11) is 1.78. The van der Waals surface area contributed by atoms with Crippen LogP contribution in [-0.2, 0) is 23.8 Å². The van der Waals surface area contributed by atoms with Crippen LogP contribution in [0.2, 0.25) is 0 Å². The number of benzene rings is 1. The second-order valence-corrected chi connectivity index (χ2v) is 22.0. The smallest absolute Gasteiger partial charge is 0.311 e. The van der Waals surface area contributed by atoms with Crippen molar-refractivity contribution in [1.29, 1.82) is 0 Å². The van der Waals surface area contributed by atoms with Crippen LogP contribution in [0, 0.1) is 23.7 Å². The van der Waals surface area contributed by atoms with Gasteiger partial charge in [-0.1, -0.05) is 98.9 Å². The van der Waals surface area contributed by atoms with Crippen molar-refractivity contribution in [2.24, 2.45) is 29.4 Å². The minimum atomic E-state index is -2.32. The van der Waals surface area contributed by atoms with Crippen molar-refractivity contribution < 1.29 is 89.9 Å². The fourth-order valence-corrected chi connectivity index (χ4v) is 10.7. The first kappa shape index (κ1) is 67.9. The molecule has 3 heterocycles. The normalized spacial score (nSPS) is 36.2. The molecule has 1 aromatic rings. The lowest BCUT2D eigenvalue weighted by atomic mass is 9.76. The molecule has 15 unspecified atom stereocenters. The number of hydrogen-bond acceptors (Lipinski definition) is 19. The van der Waals surface area contributed by atoms with Crippen molar-refractivity contribution >= 4 is 23.2 Å². The number of ketones is 2. The van der Waals surface area contributed by atoms with E-state index in [1.165, 1.54) is 13.0 Å². The van der Waals surface area contributed by atoms with Gasteiger partial charge in [-0.15, -0.1) is 0 Å². The Hall–Kier alpha value is -4.59. The minimum Gasteiger partial charge on any atom is -0.481 e. The van der Waals surface area contributed by atoms with Crippen LogP contribution in [0.15, 0.2) is 109 Å². The number of rotatable bonds is 11. The van der Waals surface area contributed by atoms with Crippen LogP contribution < -0.4 is 11.1 Å². The molecule has 448 valence electrons. The number of nitrogens with two attached hydrogens (primary N) is 1. The van der Waals surface area contributed by atoms with Crippen LogP contribution in [0.25, 0.3) is 0 Å². The van der Waals surface area contributed by atoms with E-state index >= 15 is 0 Å². The molecule has 20 nitrogen and oxygen atoms in total. The van der Waals surface area contributed by atoms with Gasteiger partial charge in [0.25, 0.3) is 0 Å². The lowest BCUT2D eigenvalue weighted by Gasteiger charge is -2.45. The number of aliphatic hydroxyl groups excluding tert-OH is 10. The van der Waals surface area contributed by atoms with Gasteiger partial charge < -0.3 is 86.5 Å². The van der Waals surface area contributed by atoms with E-state index in [0.29, 0.717) is 18.4 Å². The third kappa shape index (κ3) is 23.3. The molecule has 80 heavy (non-hydrogen) atoms. The summed E-state index contributed by atoms with van der Waals surface area (Å²) in [4.78, 5) is 39.1. The summed E-state index contributed by atoms with van der Waals surface area (Å²) in [6.45, 7) is 5.50. The standard InChI is InChI=1S/C60H90N2O18/c1-36-17-15-13-11-9-7-5-6-8-10-12-14-16-18-49(79-59-57(74)55(61)56(73)38(3)78-59)33-53-54(58(75)76)52(72)35-60(77,80-53)34-48(70)30-46(68)28-44(66)26-42(64)25-43(65)27-45(67)29-47(69)31-50(36)37(2)19-24-41(63)32-51(71)39-20-22-40(62-4)23-21-39/h5-18,20-23,36-38,41-46,48-50,52-57,59,62-68,70,72-74,77H,19,24-35,61H2,1-4H3,(H,75,76)/t36?,37?,38-,41?,42?,43?,44?,45?,46?,48?,49?,50?,52?,53?,54?,55+,56-,57+,59+,60?/m1/s1. The van der Waals surface area contributed by atoms with E-state index in [9.17, 15) is 75.7 Å². The molecular formula is C60H90N2O18. The Morgan fingerprint density at radius 3 is 1.75 bits per heavy atom. The summed E-state index contributed by atoms with van der Waals surface area (Å²) < 4.78 is 17.8. The molecule has 0 aliphatic carbocycles. The van der Waals surface area contributed by atoms with E-state index in [-0.39, 0.29) is 80.7 Å². The zero-order chi connectivity index (χ0) is 59.1. The number of aliphatic hydroxyl groups is 11. The van der Waals surface area contributed by atoms with E-state index < -0.39 is 129 Å². The average molecular weight is 1130 g/mol. The maximum absolute atomic E-state index is 13.6. The molecule has 4 rings (SSSR count). The quantitative estimate of drug-likeness (QED) is 0.141. The van der Waals surface area contributed by atoms with Gasteiger partial charge in [0.2, 0.25) is 0 Å². The highest BCUT2D eigenvalue weighted by Gasteiger charge is 2.51. The van der Waals surface area contributed by atoms with E-state index in [1.807, 2.05) is 50.3 Å². The third-order valence-electron chi connectivity index (χ3n) is 15.1. The van der Waals surface area contributed by atoms with Gasteiger partial charge in [0.1, 0.15) is 17.8 Å². The first-order valence-corrected chi connectivity index (χ1v) is 27.9. The zero-order valence-corrected chi connectivity index (χ0v) is 46.4. The average Bonchev–Trinajstić information content (AvgIpc) is 3.48. The van der Waals surface area contributed by atoms with Crippen LogP contribution in [-0.4, -0.2) is 183 Å². The second kappa shape index (κ2) is 34.1. The fraction of sp³-hybridized carbons (Fsp3) is 0.617. The number of carboxylic acid groups (broad SMARTS) is 1. The Morgan fingerprint density at radius 2 is 1.21 bits per heavy atom. The molecule has 20 atom stereocenters. The highest BCUT2D eigenvalue weighted by Crippen LogP contribution is 2.38. The van der Waals surface area contributed by atoms with Gasteiger partial charge in [-0.3, -0.25) is 14.4 Å². The second-order valence-electron chi connectivity index (χ2n) is 22.0. The molecule has 15 N–H and O–H groups in total. The molecule has 2 bridgehead atoms. The molecule has 0 saturated carbocycles. The monoisotopic (exact) mass is 1130 g/mol. The predicted molar refractivity (Wildman–Crippen MR) is 299 cm³/mol. The molecule has 20 heteroatoms. The van der Waals surface area contributed by atoms with Crippen LogP contribution in [0.3, 0.4) is 0 Å². The number of carbonyl (C=O) groups is 3. The summed E-state index contributed by atoms with van der Waals surface area (Å²) in [5.74, 6) is -6.24. The van der Waals surface area contributed by atoms with Crippen LogP contribution in [0.1, 0.15) is 115 Å². The molecule has 0 radical (unpaired) electrons. The Bertz CT molecular complexity index is 2250. The SMILES string of the molecule is CNc1ccc(C(=O)CC(O)CCC(C)C2CC(=O)CC(O)CC(O)CC(O)CC(O)CC(O)CC(O)CC3(O)CC(O)C(C(=O)O)C(CC(O[C@@H]4O[C@H](C)[C@@H](O)[C@H](N)[C@@H]4O)C=CC=CC=CC=CC=CC=CC=CC2C)O3)cc1. The van der Waals surface area contributed by atoms with E-state index in [4.69, 9.17) is 19.9 Å². The predicted octanol–water partition coefficient (Wildman–Crippen LogP) is 3.20. The van der Waals surface area contributed by atoms with Crippen molar-refractivity contribution in [1.82, 2.24) is 0 Å². The summed E-state index contributed by atoms with van der Waals surface area (Å²) in [5.41, 5.74) is 7.40. The van der Waals surface area contributed by atoms with Gasteiger partial charge in [0, 0.05) is 56.8 Å². The van der Waals surface area contributed by atoms with Crippen LogP contribution in [0.5, 0.6) is 0 Å². The number of carbonyl (C=O) groups excluding carboxylic acids is 2. The number of ether oxygens (including phenoxy) is 3. The number of fused-ring (bicyclic) bond motifs is 2. The highest BCUT2D eigenvalue weighted by atomic mass is 16.7. The van der Waals surface area contributed by atoms with Gasteiger partial charge in [-0.25, -0.2) is 0 Å². The molecule has 3 aliphatic rings. The molecule has 1 aromatic carbocycles. The number of carboxylic acids is 1. The fourth-order valence-electron chi connectivity index (χ4n) is 10.7. The molecular weight excluding hydrogens is 1040 g/mol. The maximum atomic E-state index is 13.6. The van der Waals surface area contributed by atoms with Crippen LogP contribution >= 0.6 is 0 Å². The first-order valence-electron chi connectivity index (χ1n) is 27.9. The number of hydrogen-bond donors (Lipinski definition) is 14. The Labute approximate surface area is 470 Å². The maximum Gasteiger partial charge on any atom is 0.311 e. The summed E-state index contributed by atoms with van der Waals surface area (Å²) in [6, 6.07) is 5.84. The Kier molecular flexibility index (Phi) is 29.0. The number of aliphatic carboxylic acids is 1. The largest absolute Gasteiger partial charge is 0.481 e. The molecule has 2 saturated heterocycles. The number of anilines is 1. The van der Waals surface area contributed by atoms with Crippen LogP contribution in [0.4, 0.5) is 5.69 Å². The van der Waals surface area contributed by atoms with Crippen molar-refractivity contribution in [3.8, 4) is 0 Å². The summed E-state index contributed by atoms with van der Waals surface area (Å²) in [6.07, 6.45) is 3.86. The van der Waals surface area contributed by atoms with Gasteiger partial charge in [-0.2, -0.15) is 0 Å². The van der Waals surface area contributed by atoms with Crippen molar-refractivity contribution in [2.45, 2.75) is 202 Å². The zero-order valence-electron chi connectivity index (χ0n) is 46.4. The van der Waals surface area contributed by atoms with Crippen molar-refractivity contribution in [3.05, 3.63) is 115 Å². The van der Waals surface area contributed by atoms with Gasteiger partial charge in [-0.05, 0) is 93.9 Å². The highest BCUT2D eigenvalue weighted by molar-refractivity contribution is 5.96. The molecule has 3 aliphatic heterocycles. The van der Waals surface area contributed by atoms with Gasteiger partial charge in [0.05, 0.1) is 79.3 Å². The molecule has 0 amide bonds. The molecule has 0 spiro atoms. The van der Waals surface area contributed by atoms with E-state index in [1.54, 1.807) is 73.8 Å². The lowest BCUT2D eigenvalue weighted by molar-refractivity contribution is -0.308. The van der Waals surface area contributed by atoms with E-state index in [0.717, 1.165) is 5.69 Å². The number of allylic oxidation sites excluding steroid dienone is 13. The number of nitrogens with one attached hydrogen (secondary N) is 1. The summed E-state index contributed by atoms with van der Waals surface area (Å²) in [5, 5.41) is 133.